The Morgan fingerprint density at radius 3 is 2.71 bits per heavy atom. The van der Waals surface area contributed by atoms with E-state index in [4.69, 9.17) is 19.6 Å². The molecule has 3 N–H and O–H groups in total. The highest BCUT2D eigenvalue weighted by atomic mass is 16.5. The number of nitrogens with two attached hydrogens (primary N) is 1. The van der Waals surface area contributed by atoms with E-state index in [9.17, 15) is 9.90 Å². The summed E-state index contributed by atoms with van der Waals surface area (Å²) in [5.74, 6) is 0.308. The lowest BCUT2D eigenvalue weighted by molar-refractivity contribution is -0.142. The SMILES string of the molecule is CCOC(=O)Cc1ccc(CCO)cc1OCc1cc(-c2cccc(CN)c2)c2occc2c1. The number of hydrogen-bond donors (Lipinski definition) is 2. The van der Waals surface area contributed by atoms with Crippen LogP contribution in [0.15, 0.2) is 71.3 Å². The van der Waals surface area contributed by atoms with Gasteiger partial charge in [0.25, 0.3) is 0 Å². The fourth-order valence-corrected chi connectivity index (χ4v) is 4.00. The Hall–Kier alpha value is -3.61. The van der Waals surface area contributed by atoms with Crippen molar-refractivity contribution >= 4 is 16.9 Å². The minimum absolute atomic E-state index is 0.0407. The van der Waals surface area contributed by atoms with Crippen LogP contribution in [0, 0.1) is 0 Å². The van der Waals surface area contributed by atoms with Crippen LogP contribution in [0.5, 0.6) is 5.75 Å². The number of carbonyl (C=O) groups excluding carboxylic acids is 1. The molecule has 34 heavy (non-hydrogen) atoms. The highest BCUT2D eigenvalue weighted by molar-refractivity contribution is 5.93. The van der Waals surface area contributed by atoms with Crippen molar-refractivity contribution in [2.75, 3.05) is 13.2 Å². The number of hydrogen-bond acceptors (Lipinski definition) is 6. The molecule has 6 nitrogen and oxygen atoms in total. The summed E-state index contributed by atoms with van der Waals surface area (Å²) in [6.45, 7) is 2.93. The molecule has 0 radical (unpaired) electrons. The molecule has 4 rings (SSSR count). The summed E-state index contributed by atoms with van der Waals surface area (Å²) in [6, 6.07) is 19.8. The Labute approximate surface area is 198 Å². The lowest BCUT2D eigenvalue weighted by Crippen LogP contribution is -2.09. The molecule has 0 unspecified atom stereocenters. The molecule has 0 bridgehead atoms. The van der Waals surface area contributed by atoms with Crippen molar-refractivity contribution in [2.24, 2.45) is 5.73 Å². The van der Waals surface area contributed by atoms with Gasteiger partial charge in [0.1, 0.15) is 17.9 Å². The summed E-state index contributed by atoms with van der Waals surface area (Å²) in [4.78, 5) is 12.1. The Balaban J connectivity index is 1.64. The maximum atomic E-state index is 12.1. The second kappa shape index (κ2) is 11.0. The largest absolute Gasteiger partial charge is 0.489 e. The van der Waals surface area contributed by atoms with E-state index >= 15 is 0 Å². The summed E-state index contributed by atoms with van der Waals surface area (Å²) in [6.07, 6.45) is 2.32. The highest BCUT2D eigenvalue weighted by Crippen LogP contribution is 2.32. The predicted octanol–water partition coefficient (Wildman–Crippen LogP) is 4.78. The number of ether oxygens (including phenoxy) is 2. The van der Waals surface area contributed by atoms with E-state index in [2.05, 4.69) is 12.1 Å². The third-order valence-electron chi connectivity index (χ3n) is 5.65. The Bertz CT molecular complexity index is 1280. The zero-order chi connectivity index (χ0) is 23.9. The molecule has 0 saturated heterocycles. The molecule has 0 aliphatic rings. The number of benzene rings is 3. The third kappa shape index (κ3) is 5.47. The van der Waals surface area contributed by atoms with Crippen molar-refractivity contribution in [3.8, 4) is 16.9 Å². The second-order valence-corrected chi connectivity index (χ2v) is 8.07. The molecule has 1 heterocycles. The first-order valence-corrected chi connectivity index (χ1v) is 11.4. The van der Waals surface area contributed by atoms with Crippen LogP contribution in [-0.2, 0) is 35.5 Å². The molecular formula is C28H29NO5. The Morgan fingerprint density at radius 2 is 1.91 bits per heavy atom. The monoisotopic (exact) mass is 459 g/mol. The van der Waals surface area contributed by atoms with E-state index in [1.54, 1.807) is 13.2 Å². The van der Waals surface area contributed by atoms with Gasteiger partial charge in [0.05, 0.1) is 19.3 Å². The van der Waals surface area contributed by atoms with E-state index in [1.165, 1.54) is 0 Å². The second-order valence-electron chi connectivity index (χ2n) is 8.07. The van der Waals surface area contributed by atoms with Crippen molar-refractivity contribution < 1.29 is 23.8 Å². The molecular weight excluding hydrogens is 430 g/mol. The summed E-state index contributed by atoms with van der Waals surface area (Å²) in [5, 5.41) is 10.3. The van der Waals surface area contributed by atoms with Crippen LogP contribution in [0.25, 0.3) is 22.1 Å². The Morgan fingerprint density at radius 1 is 1.03 bits per heavy atom. The van der Waals surface area contributed by atoms with Crippen molar-refractivity contribution in [1.82, 2.24) is 0 Å². The van der Waals surface area contributed by atoms with E-state index in [1.807, 2.05) is 48.5 Å². The Kier molecular flexibility index (Phi) is 7.62. The molecule has 3 aromatic carbocycles. The normalized spacial score (nSPS) is 11.0. The molecule has 0 aliphatic carbocycles. The van der Waals surface area contributed by atoms with E-state index in [0.717, 1.165) is 44.3 Å². The molecule has 0 aliphatic heterocycles. The number of aliphatic hydroxyl groups excluding tert-OH is 1. The summed E-state index contributed by atoms with van der Waals surface area (Å²) in [5.41, 5.74) is 12.4. The van der Waals surface area contributed by atoms with Gasteiger partial charge in [0.2, 0.25) is 0 Å². The zero-order valence-corrected chi connectivity index (χ0v) is 19.3. The molecule has 0 spiro atoms. The van der Waals surface area contributed by atoms with Gasteiger partial charge in [0.15, 0.2) is 0 Å². The summed E-state index contributed by atoms with van der Waals surface area (Å²) in [7, 11) is 0. The van der Waals surface area contributed by atoms with Gasteiger partial charge < -0.3 is 24.7 Å². The van der Waals surface area contributed by atoms with Crippen LogP contribution < -0.4 is 10.5 Å². The lowest BCUT2D eigenvalue weighted by Gasteiger charge is -2.14. The predicted molar refractivity (Wildman–Crippen MR) is 131 cm³/mol. The van der Waals surface area contributed by atoms with Crippen molar-refractivity contribution in [2.45, 2.75) is 32.9 Å². The minimum Gasteiger partial charge on any atom is -0.489 e. The van der Waals surface area contributed by atoms with Crippen LogP contribution >= 0.6 is 0 Å². The fourth-order valence-electron chi connectivity index (χ4n) is 4.00. The average Bonchev–Trinajstić information content (AvgIpc) is 3.32. The third-order valence-corrected chi connectivity index (χ3v) is 5.65. The lowest BCUT2D eigenvalue weighted by atomic mass is 9.99. The topological polar surface area (TPSA) is 94.9 Å². The van der Waals surface area contributed by atoms with Gasteiger partial charge >= 0.3 is 5.97 Å². The van der Waals surface area contributed by atoms with Gasteiger partial charge in [-0.15, -0.1) is 0 Å². The maximum Gasteiger partial charge on any atom is 0.310 e. The van der Waals surface area contributed by atoms with Crippen LogP contribution in [-0.4, -0.2) is 24.3 Å². The van der Waals surface area contributed by atoms with Crippen molar-refractivity contribution in [1.29, 1.82) is 0 Å². The molecule has 1 aromatic heterocycles. The summed E-state index contributed by atoms with van der Waals surface area (Å²) >= 11 is 0. The van der Waals surface area contributed by atoms with Gasteiger partial charge in [-0.3, -0.25) is 4.79 Å². The van der Waals surface area contributed by atoms with Gasteiger partial charge in [-0.2, -0.15) is 0 Å². The first-order chi connectivity index (χ1) is 16.6. The highest BCUT2D eigenvalue weighted by Gasteiger charge is 2.14. The molecule has 0 amide bonds. The van der Waals surface area contributed by atoms with Gasteiger partial charge in [0, 0.05) is 29.7 Å². The number of aliphatic hydroxyl groups is 1. The van der Waals surface area contributed by atoms with Gasteiger partial charge in [-0.1, -0.05) is 30.3 Å². The van der Waals surface area contributed by atoms with Crippen LogP contribution in [0.4, 0.5) is 0 Å². The number of rotatable bonds is 10. The average molecular weight is 460 g/mol. The first-order valence-electron chi connectivity index (χ1n) is 11.4. The molecule has 0 saturated carbocycles. The van der Waals surface area contributed by atoms with Crippen molar-refractivity contribution in [3.05, 3.63) is 89.2 Å². The van der Waals surface area contributed by atoms with Gasteiger partial charge in [-0.25, -0.2) is 0 Å². The smallest absolute Gasteiger partial charge is 0.310 e. The minimum atomic E-state index is -0.302. The van der Waals surface area contributed by atoms with Crippen LogP contribution in [0.3, 0.4) is 0 Å². The van der Waals surface area contributed by atoms with Gasteiger partial charge in [-0.05, 0) is 65.9 Å². The first kappa shape index (κ1) is 23.5. The fraction of sp³-hybridized carbons (Fsp3) is 0.250. The molecule has 0 atom stereocenters. The van der Waals surface area contributed by atoms with Crippen LogP contribution in [0.1, 0.15) is 29.2 Å². The standard InChI is InChI=1S/C28H29NO5/c1-2-32-27(31)16-23-7-6-19(8-10-30)15-26(23)34-18-21-13-24-9-11-33-28(24)25(14-21)22-5-3-4-20(12-22)17-29/h3-7,9,11-15,30H,2,8,10,16-18,29H2,1H3. The van der Waals surface area contributed by atoms with E-state index in [0.29, 0.717) is 31.9 Å². The zero-order valence-electron chi connectivity index (χ0n) is 19.3. The number of fused-ring (bicyclic) bond motifs is 1. The van der Waals surface area contributed by atoms with Crippen molar-refractivity contribution in [3.63, 3.8) is 0 Å². The number of furan rings is 1. The van der Waals surface area contributed by atoms with E-state index in [-0.39, 0.29) is 19.0 Å². The maximum absolute atomic E-state index is 12.1. The quantitative estimate of drug-likeness (QED) is 0.332. The molecule has 6 heteroatoms. The van der Waals surface area contributed by atoms with Crippen LogP contribution in [0.2, 0.25) is 0 Å². The molecule has 0 fully saturated rings. The molecule has 4 aromatic rings. The number of esters is 1. The molecule has 176 valence electrons. The summed E-state index contributed by atoms with van der Waals surface area (Å²) < 4.78 is 17.1. The number of carbonyl (C=O) groups is 1. The van der Waals surface area contributed by atoms with E-state index < -0.39 is 0 Å².